The Labute approximate surface area is 163 Å². The normalized spacial score (nSPS) is 27.9. The van der Waals surface area contributed by atoms with Crippen molar-refractivity contribution in [3.8, 4) is 11.1 Å². The van der Waals surface area contributed by atoms with E-state index in [1.165, 1.54) is 49.7 Å². The molecule has 1 heterocycles. The van der Waals surface area contributed by atoms with Crippen LogP contribution in [0.3, 0.4) is 0 Å². The molecular weight excluding hydrogens is 332 g/mol. The quantitative estimate of drug-likeness (QED) is 0.514. The number of hydrogen-bond donors (Lipinski definition) is 0. The third kappa shape index (κ3) is 4.62. The molecule has 2 nitrogen and oxygen atoms in total. The molecule has 1 saturated heterocycles. The molecule has 0 atom stereocenters. The molecule has 2 aromatic carbocycles. The molecule has 0 amide bonds. The topological polar surface area (TPSA) is 18.5 Å². The van der Waals surface area contributed by atoms with Crippen molar-refractivity contribution in [2.24, 2.45) is 17.8 Å². The SMILES string of the molecule is CCCCCC1CC(C2COC(c3ccc(-c4ccccc4)cc3)OC2)C1. The van der Waals surface area contributed by atoms with Crippen molar-refractivity contribution in [2.45, 2.75) is 51.7 Å². The largest absolute Gasteiger partial charge is 0.348 e. The van der Waals surface area contributed by atoms with Gasteiger partial charge in [0, 0.05) is 11.5 Å². The zero-order chi connectivity index (χ0) is 18.5. The highest BCUT2D eigenvalue weighted by atomic mass is 16.7. The van der Waals surface area contributed by atoms with Crippen LogP contribution in [-0.4, -0.2) is 13.2 Å². The molecule has 0 unspecified atom stereocenters. The molecule has 2 fully saturated rings. The average Bonchev–Trinajstić information content (AvgIpc) is 2.71. The Kier molecular flexibility index (Phi) is 6.26. The van der Waals surface area contributed by atoms with Crippen LogP contribution in [0.4, 0.5) is 0 Å². The van der Waals surface area contributed by atoms with E-state index in [2.05, 4.69) is 55.5 Å². The molecule has 0 N–H and O–H groups in total. The van der Waals surface area contributed by atoms with Crippen molar-refractivity contribution in [3.63, 3.8) is 0 Å². The van der Waals surface area contributed by atoms with Crippen molar-refractivity contribution in [1.82, 2.24) is 0 Å². The van der Waals surface area contributed by atoms with Crippen LogP contribution in [0.1, 0.15) is 57.3 Å². The molecule has 1 saturated carbocycles. The Morgan fingerprint density at radius 3 is 2.11 bits per heavy atom. The lowest BCUT2D eigenvalue weighted by Gasteiger charge is -2.43. The maximum absolute atomic E-state index is 6.09. The molecule has 1 aliphatic carbocycles. The minimum absolute atomic E-state index is 0.202. The molecule has 0 radical (unpaired) electrons. The maximum atomic E-state index is 6.09. The Hall–Kier alpha value is -1.64. The molecule has 27 heavy (non-hydrogen) atoms. The summed E-state index contributed by atoms with van der Waals surface area (Å²) in [4.78, 5) is 0. The predicted molar refractivity (Wildman–Crippen MR) is 110 cm³/mol. The third-order valence-electron chi connectivity index (χ3n) is 6.37. The number of benzene rings is 2. The van der Waals surface area contributed by atoms with Gasteiger partial charge in [0.2, 0.25) is 0 Å². The molecule has 4 rings (SSSR count). The highest BCUT2D eigenvalue weighted by Crippen LogP contribution is 2.44. The molecule has 2 heteroatoms. The Morgan fingerprint density at radius 2 is 1.44 bits per heavy atom. The van der Waals surface area contributed by atoms with Gasteiger partial charge in [-0.25, -0.2) is 0 Å². The van der Waals surface area contributed by atoms with E-state index in [4.69, 9.17) is 9.47 Å². The first kappa shape index (κ1) is 18.7. The van der Waals surface area contributed by atoms with Crippen LogP contribution in [0.15, 0.2) is 54.6 Å². The van der Waals surface area contributed by atoms with Gasteiger partial charge < -0.3 is 9.47 Å². The second-order valence-corrected chi connectivity index (χ2v) is 8.34. The number of hydrogen-bond acceptors (Lipinski definition) is 2. The smallest absolute Gasteiger partial charge is 0.183 e. The van der Waals surface area contributed by atoms with Crippen molar-refractivity contribution in [2.75, 3.05) is 13.2 Å². The van der Waals surface area contributed by atoms with E-state index in [9.17, 15) is 0 Å². The fourth-order valence-corrected chi connectivity index (χ4v) is 4.54. The molecule has 0 aromatic heterocycles. The van der Waals surface area contributed by atoms with Gasteiger partial charge in [-0.1, -0.05) is 87.2 Å². The molecule has 0 bridgehead atoms. The van der Waals surface area contributed by atoms with E-state index in [-0.39, 0.29) is 6.29 Å². The Balaban J connectivity index is 1.24. The summed E-state index contributed by atoms with van der Waals surface area (Å²) in [6, 6.07) is 19.1. The van der Waals surface area contributed by atoms with Gasteiger partial charge in [-0.2, -0.15) is 0 Å². The maximum Gasteiger partial charge on any atom is 0.183 e. The number of unbranched alkanes of at least 4 members (excludes halogenated alkanes) is 2. The summed E-state index contributed by atoms with van der Waals surface area (Å²) >= 11 is 0. The van der Waals surface area contributed by atoms with Crippen LogP contribution in [0, 0.1) is 17.8 Å². The van der Waals surface area contributed by atoms with E-state index in [0.29, 0.717) is 5.92 Å². The predicted octanol–water partition coefficient (Wildman–Crippen LogP) is 6.62. The Bertz CT molecular complexity index is 680. The minimum atomic E-state index is -0.202. The van der Waals surface area contributed by atoms with Gasteiger partial charge in [0.05, 0.1) is 13.2 Å². The first-order valence-corrected chi connectivity index (χ1v) is 10.7. The fraction of sp³-hybridized carbons (Fsp3) is 0.520. The summed E-state index contributed by atoms with van der Waals surface area (Å²) in [5.41, 5.74) is 3.60. The van der Waals surface area contributed by atoms with Crippen LogP contribution in [0.25, 0.3) is 11.1 Å². The monoisotopic (exact) mass is 364 g/mol. The minimum Gasteiger partial charge on any atom is -0.348 e. The molecule has 0 spiro atoms. The summed E-state index contributed by atoms with van der Waals surface area (Å²) in [5, 5.41) is 0. The molecule has 1 aliphatic heterocycles. The summed E-state index contributed by atoms with van der Waals surface area (Å²) < 4.78 is 12.2. The summed E-state index contributed by atoms with van der Waals surface area (Å²) in [6.45, 7) is 3.97. The molecule has 2 aromatic rings. The van der Waals surface area contributed by atoms with Gasteiger partial charge in [-0.05, 0) is 35.8 Å². The first-order valence-electron chi connectivity index (χ1n) is 10.7. The van der Waals surface area contributed by atoms with Gasteiger partial charge in [-0.3, -0.25) is 0 Å². The van der Waals surface area contributed by atoms with Crippen molar-refractivity contribution >= 4 is 0 Å². The lowest BCUT2D eigenvalue weighted by atomic mass is 9.67. The van der Waals surface area contributed by atoms with Gasteiger partial charge >= 0.3 is 0 Å². The van der Waals surface area contributed by atoms with Crippen LogP contribution in [0.2, 0.25) is 0 Å². The van der Waals surface area contributed by atoms with E-state index >= 15 is 0 Å². The van der Waals surface area contributed by atoms with Gasteiger partial charge in [-0.15, -0.1) is 0 Å². The van der Waals surface area contributed by atoms with Gasteiger partial charge in [0.1, 0.15) is 0 Å². The average molecular weight is 365 g/mol. The summed E-state index contributed by atoms with van der Waals surface area (Å²) in [6.07, 6.45) is 8.12. The lowest BCUT2D eigenvalue weighted by molar-refractivity contribution is -0.219. The molecule has 144 valence electrons. The van der Waals surface area contributed by atoms with E-state index in [1.54, 1.807) is 0 Å². The van der Waals surface area contributed by atoms with Crippen molar-refractivity contribution in [3.05, 3.63) is 60.2 Å². The summed E-state index contributed by atoms with van der Waals surface area (Å²) in [5.74, 6) is 2.37. The van der Waals surface area contributed by atoms with Crippen molar-refractivity contribution < 1.29 is 9.47 Å². The van der Waals surface area contributed by atoms with Crippen LogP contribution in [-0.2, 0) is 9.47 Å². The van der Waals surface area contributed by atoms with Gasteiger partial charge in [0.25, 0.3) is 0 Å². The van der Waals surface area contributed by atoms with Crippen LogP contribution >= 0.6 is 0 Å². The highest BCUT2D eigenvalue weighted by Gasteiger charge is 2.37. The highest BCUT2D eigenvalue weighted by molar-refractivity contribution is 5.63. The van der Waals surface area contributed by atoms with E-state index in [1.807, 2.05) is 6.07 Å². The number of ether oxygens (including phenoxy) is 2. The second-order valence-electron chi connectivity index (χ2n) is 8.34. The number of rotatable bonds is 7. The first-order chi connectivity index (χ1) is 13.3. The van der Waals surface area contributed by atoms with Gasteiger partial charge in [0.15, 0.2) is 6.29 Å². The van der Waals surface area contributed by atoms with Crippen LogP contribution in [0.5, 0.6) is 0 Å². The van der Waals surface area contributed by atoms with E-state index < -0.39 is 0 Å². The van der Waals surface area contributed by atoms with E-state index in [0.717, 1.165) is 30.6 Å². The summed E-state index contributed by atoms with van der Waals surface area (Å²) in [7, 11) is 0. The second kappa shape index (κ2) is 9.03. The fourth-order valence-electron chi connectivity index (χ4n) is 4.54. The molecule has 2 aliphatic rings. The lowest BCUT2D eigenvalue weighted by Crippen LogP contribution is -2.38. The van der Waals surface area contributed by atoms with Crippen LogP contribution < -0.4 is 0 Å². The third-order valence-corrected chi connectivity index (χ3v) is 6.37. The molecular formula is C25H32O2. The Morgan fingerprint density at radius 1 is 0.778 bits per heavy atom. The van der Waals surface area contributed by atoms with Crippen molar-refractivity contribution in [1.29, 1.82) is 0 Å². The zero-order valence-electron chi connectivity index (χ0n) is 16.5. The zero-order valence-corrected chi connectivity index (χ0v) is 16.5. The standard InChI is InChI=1S/C25H32O2/c1-2-3-5-8-19-15-23(16-19)24-17-26-25(27-18-24)22-13-11-21(12-14-22)20-9-6-4-7-10-20/h4,6-7,9-14,19,23-25H,2-3,5,8,15-18H2,1H3.